The van der Waals surface area contributed by atoms with E-state index in [2.05, 4.69) is 175 Å². The van der Waals surface area contributed by atoms with Gasteiger partial charge in [0.05, 0.1) is 57.6 Å². The van der Waals surface area contributed by atoms with Gasteiger partial charge in [-0.05, 0) is 83.7 Å². The highest BCUT2D eigenvalue weighted by Crippen LogP contribution is 2.43. The molecule has 55 heavy (non-hydrogen) atoms. The molecule has 0 spiro atoms. The van der Waals surface area contributed by atoms with Gasteiger partial charge >= 0.3 is 0 Å². The highest BCUT2D eigenvalue weighted by molar-refractivity contribution is 6.17. The Labute approximate surface area is 316 Å². The van der Waals surface area contributed by atoms with Gasteiger partial charge in [-0.15, -0.1) is 0 Å². The summed E-state index contributed by atoms with van der Waals surface area (Å²) in [5, 5.41) is 6.84. The zero-order valence-electron chi connectivity index (χ0n) is 29.5. The quantitative estimate of drug-likeness (QED) is 0.163. The molecule has 11 rings (SSSR count). The van der Waals surface area contributed by atoms with Crippen molar-refractivity contribution >= 4 is 76.8 Å². The van der Waals surface area contributed by atoms with Crippen LogP contribution in [-0.2, 0) is 0 Å². The summed E-state index contributed by atoms with van der Waals surface area (Å²) in [5.74, 6) is 0. The molecule has 0 unspecified atom stereocenters. The molecule has 5 heteroatoms. The number of rotatable bonds is 4. The SMILES string of the molecule is [C-]#[N+]c1cc(-c2ccccc2-n2c3ccccc3c3c(-n4c5ccccc5c5cc([N+]#[C-])ccc54)cccc32)cc(-n2c3ccccc3c3ccccc32)c1. The largest absolute Gasteiger partial charge is 0.310 e. The molecule has 0 aliphatic rings. The third kappa shape index (κ3) is 4.45. The van der Waals surface area contributed by atoms with Crippen LogP contribution in [0.15, 0.2) is 176 Å². The Kier molecular flexibility index (Phi) is 6.61. The molecule has 254 valence electrons. The lowest BCUT2D eigenvalue weighted by atomic mass is 10.0. The maximum absolute atomic E-state index is 8.18. The molecule has 0 bridgehead atoms. The smallest absolute Gasteiger partial charge is 0.189 e. The minimum absolute atomic E-state index is 0.585. The average Bonchev–Trinajstić information content (AvgIpc) is 3.89. The van der Waals surface area contributed by atoms with Crippen molar-refractivity contribution in [3.63, 3.8) is 0 Å². The van der Waals surface area contributed by atoms with Crippen molar-refractivity contribution in [1.29, 1.82) is 0 Å². The minimum Gasteiger partial charge on any atom is -0.310 e. The van der Waals surface area contributed by atoms with Gasteiger partial charge in [0, 0.05) is 38.2 Å². The van der Waals surface area contributed by atoms with E-state index in [1.165, 1.54) is 10.8 Å². The number of hydrogen-bond donors (Lipinski definition) is 0. The van der Waals surface area contributed by atoms with Gasteiger partial charge in [0.15, 0.2) is 11.4 Å². The summed E-state index contributed by atoms with van der Waals surface area (Å²) in [6.07, 6.45) is 0. The molecule has 0 N–H and O–H groups in total. The predicted octanol–water partition coefficient (Wildman–Crippen LogP) is 13.7. The van der Waals surface area contributed by atoms with Gasteiger partial charge in [-0.3, -0.25) is 0 Å². The molecular formula is C50H29N5. The van der Waals surface area contributed by atoms with Gasteiger partial charge in [0.2, 0.25) is 0 Å². The number of hydrogen-bond acceptors (Lipinski definition) is 0. The predicted molar refractivity (Wildman–Crippen MR) is 227 cm³/mol. The van der Waals surface area contributed by atoms with E-state index in [0.29, 0.717) is 11.4 Å². The molecular weight excluding hydrogens is 671 g/mol. The van der Waals surface area contributed by atoms with E-state index in [9.17, 15) is 0 Å². The first-order valence-corrected chi connectivity index (χ1v) is 18.3. The van der Waals surface area contributed by atoms with Crippen LogP contribution in [0, 0.1) is 13.1 Å². The lowest BCUT2D eigenvalue weighted by Crippen LogP contribution is -1.99. The maximum atomic E-state index is 8.18. The van der Waals surface area contributed by atoms with Crippen LogP contribution in [-0.4, -0.2) is 13.7 Å². The number of aromatic nitrogens is 3. The normalized spacial score (nSPS) is 11.6. The molecule has 3 heterocycles. The van der Waals surface area contributed by atoms with E-state index >= 15 is 0 Å². The van der Waals surface area contributed by atoms with E-state index in [1.807, 2.05) is 24.3 Å². The summed E-state index contributed by atoms with van der Waals surface area (Å²) in [4.78, 5) is 7.74. The van der Waals surface area contributed by atoms with E-state index in [0.717, 1.165) is 82.8 Å². The third-order valence-corrected chi connectivity index (χ3v) is 11.0. The first-order chi connectivity index (χ1) is 27.2. The molecule has 0 atom stereocenters. The van der Waals surface area contributed by atoms with Crippen molar-refractivity contribution in [3.05, 3.63) is 199 Å². The van der Waals surface area contributed by atoms with Crippen LogP contribution in [0.1, 0.15) is 0 Å². The lowest BCUT2D eigenvalue weighted by Gasteiger charge is -2.16. The number of para-hydroxylation sites is 5. The average molecular weight is 700 g/mol. The fourth-order valence-electron chi connectivity index (χ4n) is 8.79. The summed E-state index contributed by atoms with van der Waals surface area (Å²) < 4.78 is 7.00. The van der Waals surface area contributed by atoms with Crippen molar-refractivity contribution in [2.24, 2.45) is 0 Å². The first kappa shape index (κ1) is 30.7. The van der Waals surface area contributed by atoms with Gasteiger partial charge in [-0.1, -0.05) is 103 Å². The molecule has 0 aliphatic carbocycles. The maximum Gasteiger partial charge on any atom is 0.189 e. The van der Waals surface area contributed by atoms with Crippen molar-refractivity contribution in [1.82, 2.24) is 13.7 Å². The van der Waals surface area contributed by atoms with Crippen LogP contribution in [0.2, 0.25) is 0 Å². The standard InChI is InChI=1S/C50H29N5/c1-51-33-26-27-47-41(31-33)39-17-6-11-22-45(39)55(47)49-25-13-24-48-50(49)40-18-7-12-23-46(40)54(48)42-19-8-3-14-36(42)32-28-34(52-2)30-35(29-32)53-43-20-9-4-15-37(43)38-16-5-10-21-44(38)53/h3-31H. The number of benzene rings is 8. The molecule has 0 saturated heterocycles. The molecule has 8 aromatic carbocycles. The second kappa shape index (κ2) is 11.8. The molecule has 0 saturated carbocycles. The van der Waals surface area contributed by atoms with Gasteiger partial charge < -0.3 is 13.7 Å². The highest BCUT2D eigenvalue weighted by Gasteiger charge is 2.22. The van der Waals surface area contributed by atoms with E-state index < -0.39 is 0 Å². The van der Waals surface area contributed by atoms with Crippen LogP contribution in [0.25, 0.3) is 103 Å². The molecule has 0 fully saturated rings. The topological polar surface area (TPSA) is 23.5 Å². The molecule has 0 aliphatic heterocycles. The Bertz CT molecular complexity index is 3420. The minimum atomic E-state index is 0.585. The Morgan fingerprint density at radius 2 is 0.855 bits per heavy atom. The van der Waals surface area contributed by atoms with Gasteiger partial charge in [-0.25, -0.2) is 9.69 Å². The van der Waals surface area contributed by atoms with Crippen LogP contribution in [0.5, 0.6) is 0 Å². The fraction of sp³-hybridized carbons (Fsp3) is 0. The van der Waals surface area contributed by atoms with Gasteiger partial charge in [0.1, 0.15) is 0 Å². The Morgan fingerprint density at radius 3 is 1.55 bits per heavy atom. The summed E-state index contributed by atoms with van der Waals surface area (Å²) >= 11 is 0. The summed E-state index contributed by atoms with van der Waals surface area (Å²) in [6, 6.07) is 61.4. The second-order valence-electron chi connectivity index (χ2n) is 13.9. The lowest BCUT2D eigenvalue weighted by molar-refractivity contribution is 1.17. The summed E-state index contributed by atoms with van der Waals surface area (Å²) in [6.45, 7) is 15.9. The molecule has 0 amide bonds. The van der Waals surface area contributed by atoms with Crippen LogP contribution >= 0.6 is 0 Å². The van der Waals surface area contributed by atoms with Crippen molar-refractivity contribution in [3.8, 4) is 28.2 Å². The van der Waals surface area contributed by atoms with Gasteiger partial charge in [-0.2, -0.15) is 0 Å². The molecule has 5 nitrogen and oxygen atoms in total. The fourth-order valence-corrected chi connectivity index (χ4v) is 8.79. The Hall–Kier alpha value is -7.86. The van der Waals surface area contributed by atoms with Crippen LogP contribution in [0.4, 0.5) is 11.4 Å². The second-order valence-corrected chi connectivity index (χ2v) is 13.9. The van der Waals surface area contributed by atoms with Crippen molar-refractivity contribution in [2.45, 2.75) is 0 Å². The number of fused-ring (bicyclic) bond motifs is 9. The monoisotopic (exact) mass is 699 g/mol. The summed E-state index contributed by atoms with van der Waals surface area (Å²) in [5.41, 5.74) is 12.8. The van der Waals surface area contributed by atoms with Gasteiger partial charge in [0.25, 0.3) is 0 Å². The Morgan fingerprint density at radius 1 is 0.345 bits per heavy atom. The molecule has 11 aromatic rings. The van der Waals surface area contributed by atoms with Crippen molar-refractivity contribution in [2.75, 3.05) is 0 Å². The van der Waals surface area contributed by atoms with E-state index in [4.69, 9.17) is 13.1 Å². The Balaban J connectivity index is 1.19. The summed E-state index contributed by atoms with van der Waals surface area (Å²) in [7, 11) is 0. The zero-order chi connectivity index (χ0) is 36.6. The third-order valence-electron chi connectivity index (χ3n) is 11.0. The highest BCUT2D eigenvalue weighted by atomic mass is 15.0. The van der Waals surface area contributed by atoms with Crippen molar-refractivity contribution < 1.29 is 0 Å². The van der Waals surface area contributed by atoms with E-state index in [-0.39, 0.29) is 0 Å². The van der Waals surface area contributed by atoms with Crippen LogP contribution < -0.4 is 0 Å². The van der Waals surface area contributed by atoms with Crippen LogP contribution in [0.3, 0.4) is 0 Å². The van der Waals surface area contributed by atoms with E-state index in [1.54, 1.807) is 0 Å². The molecule has 0 radical (unpaired) electrons. The molecule has 3 aromatic heterocycles. The number of nitrogens with zero attached hydrogens (tertiary/aromatic N) is 5. The first-order valence-electron chi connectivity index (χ1n) is 18.3. The zero-order valence-corrected chi connectivity index (χ0v) is 29.5.